The maximum absolute atomic E-state index is 11.9. The SMILES string of the molecule is O=C(NCC(F)(F)F)c1cccc(C(=O)NCC(F)(F)F)n1. The molecule has 2 amide bonds. The zero-order valence-corrected chi connectivity index (χ0v) is 10.7. The van der Waals surface area contributed by atoms with E-state index in [4.69, 9.17) is 0 Å². The van der Waals surface area contributed by atoms with Gasteiger partial charge in [-0.3, -0.25) is 9.59 Å². The summed E-state index contributed by atoms with van der Waals surface area (Å²) in [6, 6.07) is 3.15. The van der Waals surface area contributed by atoms with Crippen LogP contribution in [-0.2, 0) is 0 Å². The van der Waals surface area contributed by atoms with E-state index < -0.39 is 48.6 Å². The van der Waals surface area contributed by atoms with Gasteiger partial charge in [0, 0.05) is 0 Å². The number of hydrogen-bond donors (Lipinski definition) is 2. The van der Waals surface area contributed by atoms with Crippen molar-refractivity contribution in [2.45, 2.75) is 12.4 Å². The van der Waals surface area contributed by atoms with Crippen molar-refractivity contribution in [1.82, 2.24) is 15.6 Å². The Balaban J connectivity index is 2.73. The average molecular weight is 329 g/mol. The smallest absolute Gasteiger partial charge is 0.342 e. The summed E-state index contributed by atoms with van der Waals surface area (Å²) in [5, 5.41) is 3.05. The van der Waals surface area contributed by atoms with E-state index in [1.807, 2.05) is 0 Å². The van der Waals surface area contributed by atoms with Crippen molar-refractivity contribution in [3.05, 3.63) is 29.6 Å². The quantitative estimate of drug-likeness (QED) is 0.826. The number of aromatic nitrogens is 1. The van der Waals surface area contributed by atoms with Gasteiger partial charge in [-0.1, -0.05) is 6.07 Å². The summed E-state index contributed by atoms with van der Waals surface area (Å²) in [6.45, 7) is -3.20. The van der Waals surface area contributed by atoms with E-state index in [0.29, 0.717) is 0 Å². The van der Waals surface area contributed by atoms with Gasteiger partial charge in [0.2, 0.25) is 0 Å². The summed E-state index contributed by atoms with van der Waals surface area (Å²) in [4.78, 5) is 26.2. The normalized spacial score (nSPS) is 11.9. The maximum Gasteiger partial charge on any atom is 0.405 e. The van der Waals surface area contributed by atoms with Gasteiger partial charge in [0.1, 0.15) is 24.5 Å². The van der Waals surface area contributed by atoms with E-state index in [9.17, 15) is 35.9 Å². The van der Waals surface area contributed by atoms with E-state index in [0.717, 1.165) is 18.2 Å². The fourth-order valence-corrected chi connectivity index (χ4v) is 1.23. The molecule has 0 aliphatic heterocycles. The van der Waals surface area contributed by atoms with Crippen molar-refractivity contribution in [3.8, 4) is 0 Å². The molecular formula is C11H9F6N3O2. The minimum Gasteiger partial charge on any atom is -0.342 e. The number of carbonyl (C=O) groups is 2. The van der Waals surface area contributed by atoms with Crippen LogP contribution in [0.2, 0.25) is 0 Å². The van der Waals surface area contributed by atoms with Gasteiger partial charge in [-0.2, -0.15) is 26.3 Å². The minimum absolute atomic E-state index is 0.524. The second kappa shape index (κ2) is 6.62. The van der Waals surface area contributed by atoms with Crippen molar-refractivity contribution < 1.29 is 35.9 Å². The third kappa shape index (κ3) is 6.41. The molecule has 0 bridgehead atoms. The first-order valence-corrected chi connectivity index (χ1v) is 5.65. The Hall–Kier alpha value is -2.33. The third-order valence-corrected chi connectivity index (χ3v) is 2.11. The third-order valence-electron chi connectivity index (χ3n) is 2.11. The Kier molecular flexibility index (Phi) is 5.33. The van der Waals surface area contributed by atoms with Crippen molar-refractivity contribution in [2.24, 2.45) is 0 Å². The molecule has 0 radical (unpaired) electrons. The molecule has 0 unspecified atom stereocenters. The Morgan fingerprint density at radius 1 is 0.864 bits per heavy atom. The van der Waals surface area contributed by atoms with Crippen molar-refractivity contribution in [2.75, 3.05) is 13.1 Å². The molecule has 0 spiro atoms. The molecule has 1 aromatic heterocycles. The lowest BCUT2D eigenvalue weighted by atomic mass is 10.2. The molecule has 1 heterocycles. The minimum atomic E-state index is -4.63. The van der Waals surface area contributed by atoms with E-state index in [-0.39, 0.29) is 0 Å². The van der Waals surface area contributed by atoms with Crippen molar-refractivity contribution in [1.29, 1.82) is 0 Å². The van der Waals surface area contributed by atoms with Crippen LogP contribution in [0.5, 0.6) is 0 Å². The van der Waals surface area contributed by atoms with Crippen LogP contribution in [0.15, 0.2) is 18.2 Å². The first-order chi connectivity index (χ1) is 9.98. The predicted octanol–water partition coefficient (Wildman–Crippen LogP) is 1.67. The summed E-state index contributed by atoms with van der Waals surface area (Å²) < 4.78 is 71.7. The fraction of sp³-hybridized carbons (Fsp3) is 0.364. The van der Waals surface area contributed by atoms with Gasteiger partial charge in [-0.15, -0.1) is 0 Å². The molecule has 1 rings (SSSR count). The standard InChI is InChI=1S/C11H9F6N3O2/c12-10(13,14)4-18-8(21)6-2-1-3-7(20-6)9(22)19-5-11(15,16)17/h1-3H,4-5H2,(H,18,21)(H,19,22). The highest BCUT2D eigenvalue weighted by molar-refractivity contribution is 5.96. The number of hydrogen-bond acceptors (Lipinski definition) is 3. The summed E-state index contributed by atoms with van der Waals surface area (Å²) in [6.07, 6.45) is -9.26. The van der Waals surface area contributed by atoms with Crippen LogP contribution >= 0.6 is 0 Å². The molecule has 11 heteroatoms. The highest BCUT2D eigenvalue weighted by atomic mass is 19.4. The largest absolute Gasteiger partial charge is 0.405 e. The van der Waals surface area contributed by atoms with Gasteiger partial charge in [0.05, 0.1) is 0 Å². The van der Waals surface area contributed by atoms with Gasteiger partial charge < -0.3 is 10.6 Å². The Bertz CT molecular complexity index is 510. The van der Waals surface area contributed by atoms with Crippen LogP contribution < -0.4 is 10.6 Å². The predicted molar refractivity (Wildman–Crippen MR) is 61.0 cm³/mol. The monoisotopic (exact) mass is 329 g/mol. The lowest BCUT2D eigenvalue weighted by molar-refractivity contribution is -0.123. The molecule has 0 aliphatic carbocycles. The molecule has 5 nitrogen and oxygen atoms in total. The number of carbonyl (C=O) groups excluding carboxylic acids is 2. The van der Waals surface area contributed by atoms with Crippen LogP contribution in [0.1, 0.15) is 21.0 Å². The molecule has 22 heavy (non-hydrogen) atoms. The van der Waals surface area contributed by atoms with Crippen LogP contribution in [0, 0.1) is 0 Å². The number of pyridine rings is 1. The van der Waals surface area contributed by atoms with Crippen LogP contribution in [0.25, 0.3) is 0 Å². The number of nitrogens with one attached hydrogen (secondary N) is 2. The highest BCUT2D eigenvalue weighted by Crippen LogP contribution is 2.13. The Morgan fingerprint density at radius 3 is 1.55 bits per heavy atom. The van der Waals surface area contributed by atoms with Gasteiger partial charge in [0.25, 0.3) is 11.8 Å². The molecule has 1 aromatic rings. The van der Waals surface area contributed by atoms with Crippen LogP contribution in [0.3, 0.4) is 0 Å². The number of alkyl halides is 6. The van der Waals surface area contributed by atoms with Gasteiger partial charge in [-0.25, -0.2) is 4.98 Å². The fourth-order valence-electron chi connectivity index (χ4n) is 1.23. The Morgan fingerprint density at radius 2 is 1.23 bits per heavy atom. The second-order valence-corrected chi connectivity index (χ2v) is 4.00. The van der Waals surface area contributed by atoms with Gasteiger partial charge in [0.15, 0.2) is 0 Å². The van der Waals surface area contributed by atoms with Gasteiger partial charge >= 0.3 is 12.4 Å². The first kappa shape index (κ1) is 17.7. The van der Waals surface area contributed by atoms with E-state index in [2.05, 4.69) is 4.98 Å². The Labute approximate surface area is 119 Å². The first-order valence-electron chi connectivity index (χ1n) is 5.65. The number of halogens is 6. The van der Waals surface area contributed by atoms with Crippen LogP contribution in [0.4, 0.5) is 26.3 Å². The summed E-state index contributed by atoms with van der Waals surface area (Å²) in [7, 11) is 0. The maximum atomic E-state index is 11.9. The number of amides is 2. The number of nitrogens with zero attached hydrogens (tertiary/aromatic N) is 1. The molecule has 0 saturated carbocycles. The summed E-state index contributed by atoms with van der Waals surface area (Å²) >= 11 is 0. The van der Waals surface area contributed by atoms with Crippen LogP contribution in [-0.4, -0.2) is 42.2 Å². The molecule has 2 N–H and O–H groups in total. The van der Waals surface area contributed by atoms with E-state index in [1.165, 1.54) is 10.6 Å². The topological polar surface area (TPSA) is 71.1 Å². The molecular weight excluding hydrogens is 320 g/mol. The summed E-state index contributed by atoms with van der Waals surface area (Å²) in [5.41, 5.74) is -1.05. The van der Waals surface area contributed by atoms with E-state index in [1.54, 1.807) is 0 Å². The lowest BCUT2D eigenvalue weighted by Crippen LogP contribution is -2.36. The van der Waals surface area contributed by atoms with Crippen molar-refractivity contribution in [3.63, 3.8) is 0 Å². The molecule has 0 aromatic carbocycles. The molecule has 0 aliphatic rings. The summed E-state index contributed by atoms with van der Waals surface area (Å²) in [5.74, 6) is -2.41. The molecule has 0 saturated heterocycles. The molecule has 0 fully saturated rings. The molecule has 122 valence electrons. The van der Waals surface area contributed by atoms with Crippen molar-refractivity contribution >= 4 is 11.8 Å². The zero-order valence-electron chi connectivity index (χ0n) is 10.7. The zero-order chi connectivity index (χ0) is 17.0. The van der Waals surface area contributed by atoms with E-state index >= 15 is 0 Å². The lowest BCUT2D eigenvalue weighted by Gasteiger charge is -2.10. The second-order valence-electron chi connectivity index (χ2n) is 4.00. The molecule has 0 atom stereocenters. The number of rotatable bonds is 4. The average Bonchev–Trinajstić information content (AvgIpc) is 2.40. The highest BCUT2D eigenvalue weighted by Gasteiger charge is 2.29. The van der Waals surface area contributed by atoms with Gasteiger partial charge in [-0.05, 0) is 12.1 Å².